The third kappa shape index (κ3) is 3.53. The van der Waals surface area contributed by atoms with Gasteiger partial charge in [0.2, 0.25) is 10.0 Å². The fraction of sp³-hybridized carbons (Fsp3) is 0.500. The van der Waals surface area contributed by atoms with E-state index in [2.05, 4.69) is 20.7 Å². The number of benzene rings is 1. The molecule has 0 spiro atoms. The van der Waals surface area contributed by atoms with E-state index in [0.717, 1.165) is 22.0 Å². The maximum atomic E-state index is 12.2. The first kappa shape index (κ1) is 14.7. The fourth-order valence-electron chi connectivity index (χ4n) is 1.46. The Kier molecular flexibility index (Phi) is 4.75. The van der Waals surface area contributed by atoms with Crippen molar-refractivity contribution in [3.8, 4) is 0 Å². The van der Waals surface area contributed by atoms with Gasteiger partial charge in [0.05, 0.1) is 4.90 Å². The molecule has 1 aromatic carbocycles. The Balaban J connectivity index is 3.20. The molecule has 1 N–H and O–H groups in total. The lowest BCUT2D eigenvalue weighted by Gasteiger charge is -2.14. The molecule has 0 unspecified atom stereocenters. The van der Waals surface area contributed by atoms with Crippen LogP contribution in [0.15, 0.2) is 21.5 Å². The summed E-state index contributed by atoms with van der Waals surface area (Å²) >= 11 is 3.40. The third-order valence-corrected chi connectivity index (χ3v) is 5.30. The van der Waals surface area contributed by atoms with Gasteiger partial charge < -0.3 is 0 Å². The van der Waals surface area contributed by atoms with Crippen molar-refractivity contribution in [3.05, 3.63) is 27.7 Å². The van der Waals surface area contributed by atoms with Crippen LogP contribution < -0.4 is 4.72 Å². The SMILES string of the molecule is CC[C@H](C)NS(=O)(=O)c1cc(C)c(Br)cc1C. The summed E-state index contributed by atoms with van der Waals surface area (Å²) in [5.41, 5.74) is 1.67. The van der Waals surface area contributed by atoms with E-state index in [0.29, 0.717) is 4.90 Å². The van der Waals surface area contributed by atoms with Crippen LogP contribution in [-0.2, 0) is 10.0 Å². The number of sulfonamides is 1. The van der Waals surface area contributed by atoms with E-state index < -0.39 is 10.0 Å². The van der Waals surface area contributed by atoms with Crippen molar-refractivity contribution >= 4 is 26.0 Å². The van der Waals surface area contributed by atoms with Crippen molar-refractivity contribution in [1.82, 2.24) is 4.72 Å². The van der Waals surface area contributed by atoms with E-state index in [4.69, 9.17) is 0 Å². The highest BCUT2D eigenvalue weighted by molar-refractivity contribution is 9.10. The Morgan fingerprint density at radius 1 is 1.29 bits per heavy atom. The molecular formula is C12H18BrNO2S. The van der Waals surface area contributed by atoms with Gasteiger partial charge in [-0.1, -0.05) is 22.9 Å². The lowest BCUT2D eigenvalue weighted by Crippen LogP contribution is -2.32. The minimum absolute atomic E-state index is 0.0525. The standard InChI is InChI=1S/C12H18BrNO2S/c1-5-10(4)14-17(15,16)12-7-8(2)11(13)6-9(12)3/h6-7,10,14H,5H2,1-4H3/t10-/m0/s1. The number of nitrogens with one attached hydrogen (secondary N) is 1. The average molecular weight is 320 g/mol. The van der Waals surface area contributed by atoms with Crippen molar-refractivity contribution in [2.45, 2.75) is 45.1 Å². The zero-order valence-electron chi connectivity index (χ0n) is 10.5. The Hall–Kier alpha value is -0.390. The monoisotopic (exact) mass is 319 g/mol. The van der Waals surface area contributed by atoms with Crippen LogP contribution in [0.1, 0.15) is 31.4 Å². The van der Waals surface area contributed by atoms with Crippen molar-refractivity contribution in [2.75, 3.05) is 0 Å². The molecule has 3 nitrogen and oxygen atoms in total. The number of rotatable bonds is 4. The number of aryl methyl sites for hydroxylation is 2. The minimum Gasteiger partial charge on any atom is -0.208 e. The molecule has 0 saturated heterocycles. The molecule has 1 atom stereocenters. The van der Waals surface area contributed by atoms with Crippen LogP contribution in [0.3, 0.4) is 0 Å². The van der Waals surface area contributed by atoms with E-state index in [1.807, 2.05) is 26.8 Å². The summed E-state index contributed by atoms with van der Waals surface area (Å²) < 4.78 is 27.9. The molecule has 0 saturated carbocycles. The van der Waals surface area contributed by atoms with Crippen LogP contribution >= 0.6 is 15.9 Å². The molecule has 0 bridgehead atoms. The molecule has 0 fully saturated rings. The Morgan fingerprint density at radius 3 is 2.41 bits per heavy atom. The molecule has 0 aromatic heterocycles. The summed E-state index contributed by atoms with van der Waals surface area (Å²) in [5.74, 6) is 0. The van der Waals surface area contributed by atoms with Crippen LogP contribution in [0, 0.1) is 13.8 Å². The van der Waals surface area contributed by atoms with Gasteiger partial charge in [-0.05, 0) is 50.5 Å². The first-order chi connectivity index (χ1) is 7.77. The number of halogens is 1. The van der Waals surface area contributed by atoms with Gasteiger partial charge in [0, 0.05) is 10.5 Å². The van der Waals surface area contributed by atoms with Crippen molar-refractivity contribution in [1.29, 1.82) is 0 Å². The molecule has 17 heavy (non-hydrogen) atoms. The number of hydrogen-bond donors (Lipinski definition) is 1. The Morgan fingerprint density at radius 2 is 1.88 bits per heavy atom. The highest BCUT2D eigenvalue weighted by Crippen LogP contribution is 2.24. The van der Waals surface area contributed by atoms with Gasteiger partial charge in [0.1, 0.15) is 0 Å². The van der Waals surface area contributed by atoms with Gasteiger partial charge in [-0.15, -0.1) is 0 Å². The maximum Gasteiger partial charge on any atom is 0.241 e. The molecule has 0 aliphatic rings. The number of hydrogen-bond acceptors (Lipinski definition) is 2. The van der Waals surface area contributed by atoms with Gasteiger partial charge >= 0.3 is 0 Å². The predicted molar refractivity (Wildman–Crippen MR) is 73.7 cm³/mol. The summed E-state index contributed by atoms with van der Waals surface area (Å²) in [6.07, 6.45) is 0.772. The summed E-state index contributed by atoms with van der Waals surface area (Å²) in [6, 6.07) is 3.48. The zero-order chi connectivity index (χ0) is 13.2. The first-order valence-electron chi connectivity index (χ1n) is 5.57. The van der Waals surface area contributed by atoms with Crippen LogP contribution in [0.2, 0.25) is 0 Å². The molecule has 0 aliphatic carbocycles. The van der Waals surface area contributed by atoms with Crippen LogP contribution in [0.5, 0.6) is 0 Å². The van der Waals surface area contributed by atoms with E-state index in [-0.39, 0.29) is 6.04 Å². The maximum absolute atomic E-state index is 12.2. The molecule has 0 radical (unpaired) electrons. The second-order valence-corrected chi connectivity index (χ2v) is 6.83. The van der Waals surface area contributed by atoms with Crippen molar-refractivity contribution in [3.63, 3.8) is 0 Å². The zero-order valence-corrected chi connectivity index (χ0v) is 12.9. The molecule has 96 valence electrons. The van der Waals surface area contributed by atoms with Crippen molar-refractivity contribution in [2.24, 2.45) is 0 Å². The second kappa shape index (κ2) is 5.50. The molecule has 0 heterocycles. The van der Waals surface area contributed by atoms with Crippen LogP contribution in [-0.4, -0.2) is 14.5 Å². The molecule has 0 amide bonds. The lowest BCUT2D eigenvalue weighted by atomic mass is 10.2. The predicted octanol–water partition coefficient (Wildman–Crippen LogP) is 3.14. The molecular weight excluding hydrogens is 302 g/mol. The first-order valence-corrected chi connectivity index (χ1v) is 7.84. The molecule has 0 aliphatic heterocycles. The Bertz CT molecular complexity index is 511. The molecule has 5 heteroatoms. The average Bonchev–Trinajstić information content (AvgIpc) is 2.22. The van der Waals surface area contributed by atoms with Gasteiger partial charge in [-0.3, -0.25) is 0 Å². The second-order valence-electron chi connectivity index (χ2n) is 4.30. The largest absolute Gasteiger partial charge is 0.241 e. The molecule has 1 rings (SSSR count). The van der Waals surface area contributed by atoms with Gasteiger partial charge in [0.15, 0.2) is 0 Å². The van der Waals surface area contributed by atoms with E-state index in [9.17, 15) is 8.42 Å². The lowest BCUT2D eigenvalue weighted by molar-refractivity contribution is 0.555. The summed E-state index contributed by atoms with van der Waals surface area (Å²) in [5, 5.41) is 0. The minimum atomic E-state index is -3.41. The Labute approximate surface area is 112 Å². The normalized spacial score (nSPS) is 13.7. The smallest absolute Gasteiger partial charge is 0.208 e. The summed E-state index contributed by atoms with van der Waals surface area (Å²) in [7, 11) is -3.41. The van der Waals surface area contributed by atoms with Crippen LogP contribution in [0.25, 0.3) is 0 Å². The molecule has 1 aromatic rings. The van der Waals surface area contributed by atoms with E-state index >= 15 is 0 Å². The fourth-order valence-corrected chi connectivity index (χ4v) is 3.55. The topological polar surface area (TPSA) is 46.2 Å². The van der Waals surface area contributed by atoms with E-state index in [1.54, 1.807) is 13.0 Å². The highest BCUT2D eigenvalue weighted by atomic mass is 79.9. The van der Waals surface area contributed by atoms with Gasteiger partial charge in [-0.2, -0.15) is 0 Å². The summed E-state index contributed by atoms with van der Waals surface area (Å²) in [4.78, 5) is 0.360. The third-order valence-electron chi connectivity index (χ3n) is 2.71. The van der Waals surface area contributed by atoms with Gasteiger partial charge in [-0.25, -0.2) is 13.1 Å². The quantitative estimate of drug-likeness (QED) is 0.926. The van der Waals surface area contributed by atoms with Crippen molar-refractivity contribution < 1.29 is 8.42 Å². The van der Waals surface area contributed by atoms with Crippen LogP contribution in [0.4, 0.5) is 0 Å². The van der Waals surface area contributed by atoms with Gasteiger partial charge in [0.25, 0.3) is 0 Å². The highest BCUT2D eigenvalue weighted by Gasteiger charge is 2.19. The van der Waals surface area contributed by atoms with E-state index in [1.165, 1.54) is 0 Å². The summed E-state index contributed by atoms with van der Waals surface area (Å²) in [6.45, 7) is 7.49.